The molecular formula is C27H39N3O4. The van der Waals surface area contributed by atoms with E-state index < -0.39 is 0 Å². The zero-order valence-electron chi connectivity index (χ0n) is 20.6. The van der Waals surface area contributed by atoms with Crippen molar-refractivity contribution in [3.63, 3.8) is 0 Å². The minimum Gasteiger partial charge on any atom is -0.489 e. The maximum absolute atomic E-state index is 13.5. The van der Waals surface area contributed by atoms with Gasteiger partial charge in [0.2, 0.25) is 11.8 Å². The van der Waals surface area contributed by atoms with Crippen LogP contribution in [0, 0.1) is 11.8 Å². The number of carbonyl (C=O) groups excluding carboxylic acids is 2. The Kier molecular flexibility index (Phi) is 8.62. The molecule has 2 atom stereocenters. The average molecular weight is 470 g/mol. The van der Waals surface area contributed by atoms with Crippen LogP contribution in [0.4, 0.5) is 0 Å². The molecule has 1 aromatic carbocycles. The lowest BCUT2D eigenvalue weighted by atomic mass is 9.82. The summed E-state index contributed by atoms with van der Waals surface area (Å²) in [6.45, 7) is 8.37. The summed E-state index contributed by atoms with van der Waals surface area (Å²) < 4.78 is 11.7. The van der Waals surface area contributed by atoms with E-state index in [1.807, 2.05) is 36.9 Å². The molecule has 0 radical (unpaired) electrons. The lowest BCUT2D eigenvalue weighted by Crippen LogP contribution is -2.50. The van der Waals surface area contributed by atoms with E-state index in [9.17, 15) is 9.59 Å². The van der Waals surface area contributed by atoms with Gasteiger partial charge in [0, 0.05) is 56.9 Å². The second kappa shape index (κ2) is 11.8. The van der Waals surface area contributed by atoms with Gasteiger partial charge in [-0.05, 0) is 51.0 Å². The Morgan fingerprint density at radius 1 is 1.15 bits per heavy atom. The van der Waals surface area contributed by atoms with Gasteiger partial charge in [-0.2, -0.15) is 0 Å². The van der Waals surface area contributed by atoms with E-state index in [1.54, 1.807) is 0 Å². The average Bonchev–Trinajstić information content (AvgIpc) is 2.83. The molecule has 0 unspecified atom stereocenters. The van der Waals surface area contributed by atoms with Crippen molar-refractivity contribution in [1.82, 2.24) is 15.1 Å². The van der Waals surface area contributed by atoms with Gasteiger partial charge in [0.15, 0.2) is 0 Å². The van der Waals surface area contributed by atoms with Gasteiger partial charge < -0.3 is 19.7 Å². The van der Waals surface area contributed by atoms with Gasteiger partial charge in [-0.15, -0.1) is 0 Å². The van der Waals surface area contributed by atoms with Crippen LogP contribution in [0.2, 0.25) is 0 Å². The molecule has 7 nitrogen and oxygen atoms in total. The molecule has 3 aliphatic rings. The topological polar surface area (TPSA) is 71.1 Å². The molecule has 0 aliphatic carbocycles. The quantitative estimate of drug-likeness (QED) is 0.687. The molecule has 0 saturated carbocycles. The SMILES string of the molecule is CC(C)NC(=O)C[C@@H]1CCN2C[C@@H]1/C=C\COc1ccccc1CN(C1CCOCC1)CC2=O. The van der Waals surface area contributed by atoms with Crippen molar-refractivity contribution in [2.45, 2.75) is 58.2 Å². The summed E-state index contributed by atoms with van der Waals surface area (Å²) in [5, 5.41) is 3.02. The van der Waals surface area contributed by atoms with Crippen molar-refractivity contribution < 1.29 is 19.1 Å². The van der Waals surface area contributed by atoms with E-state index in [1.165, 1.54) is 0 Å². The summed E-state index contributed by atoms with van der Waals surface area (Å²) in [4.78, 5) is 30.3. The Bertz CT molecular complexity index is 865. The molecule has 0 spiro atoms. The fourth-order valence-corrected chi connectivity index (χ4v) is 5.35. The monoisotopic (exact) mass is 469 g/mol. The number of piperidine rings is 1. The number of rotatable bonds is 4. The summed E-state index contributed by atoms with van der Waals surface area (Å²) >= 11 is 0. The Morgan fingerprint density at radius 3 is 2.74 bits per heavy atom. The van der Waals surface area contributed by atoms with Gasteiger partial charge in [-0.3, -0.25) is 14.5 Å². The van der Waals surface area contributed by atoms with E-state index in [0.717, 1.165) is 43.8 Å². The van der Waals surface area contributed by atoms with Crippen LogP contribution in [-0.2, 0) is 20.9 Å². The third-order valence-electron chi connectivity index (χ3n) is 7.17. The van der Waals surface area contributed by atoms with Crippen molar-refractivity contribution in [1.29, 1.82) is 0 Å². The number of hydrogen-bond donors (Lipinski definition) is 1. The molecule has 3 heterocycles. The Hall–Kier alpha value is -2.38. The molecular weight excluding hydrogens is 430 g/mol. The zero-order chi connectivity index (χ0) is 23.9. The maximum Gasteiger partial charge on any atom is 0.236 e. The van der Waals surface area contributed by atoms with Crippen LogP contribution in [0.15, 0.2) is 36.4 Å². The van der Waals surface area contributed by atoms with Crippen LogP contribution >= 0.6 is 0 Å². The highest BCUT2D eigenvalue weighted by atomic mass is 16.5. The van der Waals surface area contributed by atoms with Gasteiger partial charge in [-0.1, -0.05) is 30.4 Å². The van der Waals surface area contributed by atoms with Gasteiger partial charge >= 0.3 is 0 Å². The number of para-hydroxylation sites is 1. The molecule has 7 heteroatoms. The number of ether oxygens (including phenoxy) is 2. The highest BCUT2D eigenvalue weighted by Gasteiger charge is 2.33. The number of nitrogens with one attached hydrogen (secondary N) is 1. The van der Waals surface area contributed by atoms with Gasteiger partial charge in [-0.25, -0.2) is 0 Å². The Balaban J connectivity index is 1.55. The number of fused-ring (bicyclic) bond motifs is 3. The normalized spacial score (nSPS) is 26.0. The third-order valence-corrected chi connectivity index (χ3v) is 7.17. The molecule has 3 aliphatic heterocycles. The fourth-order valence-electron chi connectivity index (χ4n) is 5.35. The van der Waals surface area contributed by atoms with Crippen LogP contribution in [0.1, 0.15) is 45.1 Å². The Labute approximate surface area is 203 Å². The zero-order valence-corrected chi connectivity index (χ0v) is 20.6. The van der Waals surface area contributed by atoms with Gasteiger partial charge in [0.25, 0.3) is 0 Å². The molecule has 34 heavy (non-hydrogen) atoms. The second-order valence-corrected chi connectivity index (χ2v) is 10.1. The number of benzene rings is 1. The summed E-state index contributed by atoms with van der Waals surface area (Å²) in [5.74, 6) is 1.50. The van der Waals surface area contributed by atoms with E-state index in [0.29, 0.717) is 45.2 Å². The number of hydrogen-bond acceptors (Lipinski definition) is 5. The van der Waals surface area contributed by atoms with E-state index in [-0.39, 0.29) is 29.7 Å². The van der Waals surface area contributed by atoms with E-state index in [4.69, 9.17) is 9.47 Å². The molecule has 2 amide bonds. The first kappa shape index (κ1) is 24.7. The molecule has 0 aromatic heterocycles. The minimum absolute atomic E-state index is 0.0898. The summed E-state index contributed by atoms with van der Waals surface area (Å²) in [6, 6.07) is 8.58. The van der Waals surface area contributed by atoms with Gasteiger partial charge in [0.1, 0.15) is 12.4 Å². The molecule has 186 valence electrons. The highest BCUT2D eigenvalue weighted by molar-refractivity contribution is 5.79. The van der Waals surface area contributed by atoms with E-state index in [2.05, 4.69) is 28.4 Å². The number of carbonyl (C=O) groups is 2. The summed E-state index contributed by atoms with van der Waals surface area (Å²) in [7, 11) is 0. The molecule has 1 N–H and O–H groups in total. The van der Waals surface area contributed by atoms with Crippen LogP contribution in [0.3, 0.4) is 0 Å². The van der Waals surface area contributed by atoms with Crippen LogP contribution < -0.4 is 10.1 Å². The lowest BCUT2D eigenvalue weighted by molar-refractivity contribution is -0.136. The standard InChI is InChI=1S/C27H39N3O4/c1-20(2)28-26(31)16-21-9-12-29-17-22(21)7-5-13-34-25-8-4-3-6-23(25)18-30(19-27(29)32)24-10-14-33-15-11-24/h3-8,20-22,24H,9-19H2,1-2H3,(H,28,31)/b7-5-/t21-,22-/m0/s1. The fraction of sp³-hybridized carbons (Fsp3) is 0.630. The molecule has 1 aromatic rings. The first-order valence-corrected chi connectivity index (χ1v) is 12.8. The van der Waals surface area contributed by atoms with Crippen molar-refractivity contribution >= 4 is 11.8 Å². The minimum atomic E-state index is 0.0898. The van der Waals surface area contributed by atoms with Gasteiger partial charge in [0.05, 0.1) is 6.54 Å². The molecule has 2 fully saturated rings. The largest absolute Gasteiger partial charge is 0.489 e. The van der Waals surface area contributed by atoms with Crippen LogP contribution in [0.5, 0.6) is 5.75 Å². The predicted molar refractivity (Wildman–Crippen MR) is 131 cm³/mol. The number of amides is 2. The van der Waals surface area contributed by atoms with E-state index >= 15 is 0 Å². The maximum atomic E-state index is 13.5. The van der Waals surface area contributed by atoms with Crippen molar-refractivity contribution in [2.75, 3.05) is 39.5 Å². The van der Waals surface area contributed by atoms with Crippen LogP contribution in [-0.4, -0.2) is 73.2 Å². The van der Waals surface area contributed by atoms with Crippen molar-refractivity contribution in [2.24, 2.45) is 11.8 Å². The Morgan fingerprint density at radius 2 is 1.94 bits per heavy atom. The first-order valence-electron chi connectivity index (χ1n) is 12.8. The summed E-state index contributed by atoms with van der Waals surface area (Å²) in [6.07, 6.45) is 7.42. The third kappa shape index (κ3) is 6.60. The highest BCUT2D eigenvalue weighted by Crippen LogP contribution is 2.30. The van der Waals surface area contributed by atoms with Crippen LogP contribution in [0.25, 0.3) is 0 Å². The molecule has 2 saturated heterocycles. The smallest absolute Gasteiger partial charge is 0.236 e. The van der Waals surface area contributed by atoms with Crippen molar-refractivity contribution in [3.05, 3.63) is 42.0 Å². The summed E-state index contributed by atoms with van der Waals surface area (Å²) in [5.41, 5.74) is 1.11. The molecule has 2 bridgehead atoms. The van der Waals surface area contributed by atoms with Crippen molar-refractivity contribution in [3.8, 4) is 5.75 Å². The predicted octanol–water partition coefficient (Wildman–Crippen LogP) is 3.00. The first-order chi connectivity index (χ1) is 16.5. The molecule has 4 rings (SSSR count). The number of nitrogens with zero attached hydrogens (tertiary/aromatic N) is 2. The second-order valence-electron chi connectivity index (χ2n) is 10.1. The lowest BCUT2D eigenvalue weighted by Gasteiger charge is -2.39.